The first-order valence-electron chi connectivity index (χ1n) is 10.0. The van der Waals surface area contributed by atoms with Gasteiger partial charge in [0.05, 0.1) is 24.7 Å². The molecule has 5 rings (SSSR count). The molecular weight excluding hydrogens is 411 g/mol. The molecule has 1 unspecified atom stereocenters. The van der Waals surface area contributed by atoms with Crippen molar-refractivity contribution in [3.63, 3.8) is 0 Å². The monoisotopic (exact) mass is 430 g/mol. The number of methoxy groups -OCH3 is 1. The van der Waals surface area contributed by atoms with Crippen LogP contribution >= 0.6 is 0 Å². The Morgan fingerprint density at radius 2 is 1.94 bits per heavy atom. The Morgan fingerprint density at radius 1 is 1.16 bits per heavy atom. The first-order valence-corrected chi connectivity index (χ1v) is 10.0. The van der Waals surface area contributed by atoms with Gasteiger partial charge in [-0.2, -0.15) is 14.9 Å². The summed E-state index contributed by atoms with van der Waals surface area (Å²) >= 11 is 0. The summed E-state index contributed by atoms with van der Waals surface area (Å²) in [5, 5.41) is 15.7. The number of nitrogens with zero attached hydrogens (tertiary/aromatic N) is 5. The second-order valence-electron chi connectivity index (χ2n) is 7.45. The normalized spacial score (nSPS) is 15.2. The van der Waals surface area contributed by atoms with Gasteiger partial charge in [-0.05, 0) is 37.3 Å². The number of benzene rings is 2. The summed E-state index contributed by atoms with van der Waals surface area (Å²) in [5.74, 6) is 0.721. The van der Waals surface area contributed by atoms with Gasteiger partial charge in [0.15, 0.2) is 0 Å². The molecule has 1 aliphatic rings. The van der Waals surface area contributed by atoms with E-state index in [9.17, 15) is 9.18 Å². The number of amides is 1. The minimum absolute atomic E-state index is 0.141. The maximum atomic E-state index is 13.3. The van der Waals surface area contributed by atoms with Crippen LogP contribution in [0.3, 0.4) is 0 Å². The van der Waals surface area contributed by atoms with Gasteiger partial charge in [-0.3, -0.25) is 4.79 Å². The molecule has 2 aromatic heterocycles. The molecule has 1 N–H and O–H groups in total. The standard InChI is InChI=1S/C23H19FN6O2/c1-13-21-17(16-5-3-4-6-19(16)32-2)11-20(31)27-22(21)30(29-13)23-26-18(12-25-28-23)14-7-9-15(24)10-8-14/h3-10,12,17H,11H2,1-2H3,(H,27,31). The second kappa shape index (κ2) is 7.84. The summed E-state index contributed by atoms with van der Waals surface area (Å²) in [5.41, 5.74) is 3.74. The molecule has 1 amide bonds. The molecule has 0 radical (unpaired) electrons. The first kappa shape index (κ1) is 19.8. The van der Waals surface area contributed by atoms with Gasteiger partial charge in [0, 0.05) is 29.0 Å². The molecule has 1 aliphatic heterocycles. The third kappa shape index (κ3) is 3.37. The molecular formula is C23H19FN6O2. The van der Waals surface area contributed by atoms with Crippen molar-refractivity contribution < 1.29 is 13.9 Å². The quantitative estimate of drug-likeness (QED) is 0.531. The van der Waals surface area contributed by atoms with Crippen molar-refractivity contribution in [1.82, 2.24) is 25.0 Å². The SMILES string of the molecule is COc1ccccc1C1CC(=O)Nc2c1c(C)nn2-c1nncc(-c2ccc(F)cc2)n1. The summed E-state index contributed by atoms with van der Waals surface area (Å²) in [6, 6.07) is 13.6. The minimum Gasteiger partial charge on any atom is -0.496 e. The summed E-state index contributed by atoms with van der Waals surface area (Å²) in [6.45, 7) is 1.88. The van der Waals surface area contributed by atoms with E-state index >= 15 is 0 Å². The van der Waals surface area contributed by atoms with E-state index in [0.717, 1.165) is 16.8 Å². The van der Waals surface area contributed by atoms with Crippen LogP contribution in [-0.2, 0) is 4.79 Å². The van der Waals surface area contributed by atoms with Crippen LogP contribution in [0.25, 0.3) is 17.2 Å². The number of hydrogen-bond acceptors (Lipinski definition) is 6. The summed E-state index contributed by atoms with van der Waals surface area (Å²) in [7, 11) is 1.61. The van der Waals surface area contributed by atoms with Crippen LogP contribution in [0, 0.1) is 12.7 Å². The average molecular weight is 430 g/mol. The van der Waals surface area contributed by atoms with Crippen LogP contribution in [-0.4, -0.2) is 38.0 Å². The van der Waals surface area contributed by atoms with E-state index in [1.54, 1.807) is 19.2 Å². The molecule has 0 saturated heterocycles. The highest BCUT2D eigenvalue weighted by molar-refractivity contribution is 5.95. The topological polar surface area (TPSA) is 94.8 Å². The number of carbonyl (C=O) groups excluding carboxylic acids is 1. The zero-order valence-electron chi connectivity index (χ0n) is 17.4. The van der Waals surface area contributed by atoms with Crippen LogP contribution in [0.5, 0.6) is 5.75 Å². The Kier molecular flexibility index (Phi) is 4.85. The molecule has 32 heavy (non-hydrogen) atoms. The fourth-order valence-electron chi connectivity index (χ4n) is 4.06. The van der Waals surface area contributed by atoms with Crippen molar-refractivity contribution in [1.29, 1.82) is 0 Å². The Bertz CT molecular complexity index is 1320. The molecule has 0 aliphatic carbocycles. The van der Waals surface area contributed by atoms with E-state index in [1.165, 1.54) is 23.0 Å². The van der Waals surface area contributed by atoms with Crippen molar-refractivity contribution >= 4 is 11.7 Å². The van der Waals surface area contributed by atoms with Gasteiger partial charge in [0.2, 0.25) is 5.91 Å². The maximum Gasteiger partial charge on any atom is 0.272 e. The highest BCUT2D eigenvalue weighted by atomic mass is 19.1. The third-order valence-corrected chi connectivity index (χ3v) is 5.49. The number of aromatic nitrogens is 5. The summed E-state index contributed by atoms with van der Waals surface area (Å²) in [6.07, 6.45) is 1.77. The number of anilines is 1. The van der Waals surface area contributed by atoms with Gasteiger partial charge >= 0.3 is 0 Å². The Labute approximate surface area is 183 Å². The zero-order chi connectivity index (χ0) is 22.2. The zero-order valence-corrected chi connectivity index (χ0v) is 17.4. The summed E-state index contributed by atoms with van der Waals surface area (Å²) in [4.78, 5) is 17.2. The van der Waals surface area contributed by atoms with Crippen LogP contribution in [0.2, 0.25) is 0 Å². The molecule has 0 fully saturated rings. The Morgan fingerprint density at radius 3 is 2.72 bits per heavy atom. The van der Waals surface area contributed by atoms with Crippen molar-refractivity contribution in [3.8, 4) is 23.0 Å². The van der Waals surface area contributed by atoms with Crippen molar-refractivity contribution in [2.24, 2.45) is 0 Å². The number of ether oxygens (including phenoxy) is 1. The predicted octanol–water partition coefficient (Wildman–Crippen LogP) is 3.65. The molecule has 4 aromatic rings. The highest BCUT2D eigenvalue weighted by Gasteiger charge is 2.34. The van der Waals surface area contributed by atoms with Crippen LogP contribution in [0.1, 0.15) is 29.2 Å². The minimum atomic E-state index is -0.335. The van der Waals surface area contributed by atoms with E-state index < -0.39 is 0 Å². The van der Waals surface area contributed by atoms with Gasteiger partial charge in [-0.1, -0.05) is 18.2 Å². The lowest BCUT2D eigenvalue weighted by Crippen LogP contribution is -2.25. The van der Waals surface area contributed by atoms with E-state index in [-0.39, 0.29) is 30.0 Å². The molecule has 1 atom stereocenters. The molecule has 8 nitrogen and oxygen atoms in total. The van der Waals surface area contributed by atoms with Crippen LogP contribution in [0.15, 0.2) is 54.7 Å². The van der Waals surface area contributed by atoms with E-state index in [0.29, 0.717) is 22.8 Å². The van der Waals surface area contributed by atoms with Crippen LogP contribution < -0.4 is 10.1 Å². The fraction of sp³-hybridized carbons (Fsp3) is 0.174. The Balaban J connectivity index is 1.62. The molecule has 2 aromatic carbocycles. The van der Waals surface area contributed by atoms with Crippen molar-refractivity contribution in [3.05, 3.63) is 77.4 Å². The second-order valence-corrected chi connectivity index (χ2v) is 7.45. The lowest BCUT2D eigenvalue weighted by Gasteiger charge is -2.25. The fourth-order valence-corrected chi connectivity index (χ4v) is 4.06. The van der Waals surface area contributed by atoms with Gasteiger partial charge in [-0.25, -0.2) is 9.37 Å². The van der Waals surface area contributed by atoms with E-state index in [2.05, 4.69) is 25.6 Å². The third-order valence-electron chi connectivity index (χ3n) is 5.49. The van der Waals surface area contributed by atoms with Gasteiger partial charge in [0.1, 0.15) is 17.4 Å². The van der Waals surface area contributed by atoms with Crippen molar-refractivity contribution in [2.45, 2.75) is 19.3 Å². The molecule has 160 valence electrons. The van der Waals surface area contributed by atoms with E-state index in [1.807, 2.05) is 31.2 Å². The molecule has 0 spiro atoms. The van der Waals surface area contributed by atoms with Crippen LogP contribution in [0.4, 0.5) is 10.2 Å². The molecule has 9 heteroatoms. The lowest BCUT2D eigenvalue weighted by atomic mass is 9.85. The average Bonchev–Trinajstić information content (AvgIpc) is 3.15. The first-order chi connectivity index (χ1) is 15.5. The number of carbonyl (C=O) groups is 1. The number of fused-ring (bicyclic) bond motifs is 1. The largest absolute Gasteiger partial charge is 0.496 e. The highest BCUT2D eigenvalue weighted by Crippen LogP contribution is 2.42. The van der Waals surface area contributed by atoms with Crippen molar-refractivity contribution in [2.75, 3.05) is 12.4 Å². The number of aryl methyl sites for hydroxylation is 1. The molecule has 0 saturated carbocycles. The molecule has 0 bridgehead atoms. The van der Waals surface area contributed by atoms with Gasteiger partial charge in [0.25, 0.3) is 5.95 Å². The molecule has 3 heterocycles. The maximum absolute atomic E-state index is 13.3. The van der Waals surface area contributed by atoms with Gasteiger partial charge in [-0.15, -0.1) is 5.10 Å². The van der Waals surface area contributed by atoms with E-state index in [4.69, 9.17) is 4.74 Å². The van der Waals surface area contributed by atoms with Gasteiger partial charge < -0.3 is 10.1 Å². The lowest BCUT2D eigenvalue weighted by molar-refractivity contribution is -0.116. The number of hydrogen-bond donors (Lipinski definition) is 1. The summed E-state index contributed by atoms with van der Waals surface area (Å²) < 4.78 is 20.3. The smallest absolute Gasteiger partial charge is 0.272 e. The number of para-hydroxylation sites is 1. The number of halogens is 1. The predicted molar refractivity (Wildman–Crippen MR) is 115 cm³/mol. The number of rotatable bonds is 4. The Hall–Kier alpha value is -4.14. The number of nitrogens with one attached hydrogen (secondary N) is 1.